The van der Waals surface area contributed by atoms with E-state index < -0.39 is 0 Å². The molecule has 1 amide bonds. The predicted molar refractivity (Wildman–Crippen MR) is 102 cm³/mol. The Morgan fingerprint density at radius 1 is 1.28 bits per heavy atom. The van der Waals surface area contributed by atoms with Crippen LogP contribution in [0.1, 0.15) is 37.7 Å². The van der Waals surface area contributed by atoms with Gasteiger partial charge in [0.25, 0.3) is 0 Å². The molecule has 3 rings (SSSR count). The number of nitrogens with zero attached hydrogens (tertiary/aromatic N) is 2. The SMILES string of the molecule is Cc1cc(Cl)ccc1-c1cc(NC(=O)CCCN2CCCCC2)[nH]n1. The molecule has 0 aliphatic carbocycles. The summed E-state index contributed by atoms with van der Waals surface area (Å²) < 4.78 is 0. The molecular formula is C19H25ClN4O. The molecule has 2 aromatic rings. The van der Waals surface area contributed by atoms with E-state index in [2.05, 4.69) is 20.4 Å². The number of aryl methyl sites for hydroxylation is 1. The van der Waals surface area contributed by atoms with Gasteiger partial charge in [-0.15, -0.1) is 0 Å². The van der Waals surface area contributed by atoms with Crippen LogP contribution in [0.15, 0.2) is 24.3 Å². The van der Waals surface area contributed by atoms with E-state index in [0.717, 1.165) is 29.8 Å². The summed E-state index contributed by atoms with van der Waals surface area (Å²) in [5.74, 6) is 0.660. The lowest BCUT2D eigenvalue weighted by Gasteiger charge is -2.26. The molecule has 5 nitrogen and oxygen atoms in total. The zero-order valence-electron chi connectivity index (χ0n) is 14.6. The van der Waals surface area contributed by atoms with Gasteiger partial charge in [-0.2, -0.15) is 5.10 Å². The van der Waals surface area contributed by atoms with Gasteiger partial charge >= 0.3 is 0 Å². The number of rotatable bonds is 6. The molecule has 2 heterocycles. The summed E-state index contributed by atoms with van der Waals surface area (Å²) in [5.41, 5.74) is 2.86. The van der Waals surface area contributed by atoms with Gasteiger partial charge in [-0.05, 0) is 63.5 Å². The molecule has 0 radical (unpaired) electrons. The number of piperidine rings is 1. The van der Waals surface area contributed by atoms with Crippen LogP contribution in [0.25, 0.3) is 11.3 Å². The van der Waals surface area contributed by atoms with Crippen molar-refractivity contribution in [2.24, 2.45) is 0 Å². The van der Waals surface area contributed by atoms with Gasteiger partial charge in [0, 0.05) is 23.1 Å². The Labute approximate surface area is 153 Å². The van der Waals surface area contributed by atoms with Gasteiger partial charge in [-0.25, -0.2) is 0 Å². The highest BCUT2D eigenvalue weighted by atomic mass is 35.5. The number of amides is 1. The molecule has 0 atom stereocenters. The number of carbonyl (C=O) groups is 1. The first-order chi connectivity index (χ1) is 12.1. The van der Waals surface area contributed by atoms with Gasteiger partial charge in [-0.1, -0.05) is 24.1 Å². The fraction of sp³-hybridized carbons (Fsp3) is 0.474. The molecule has 0 saturated carbocycles. The number of halogens is 1. The second-order valence-corrected chi connectivity index (χ2v) is 7.12. The Balaban J connectivity index is 1.49. The maximum atomic E-state index is 12.1. The van der Waals surface area contributed by atoms with Gasteiger partial charge in [0.05, 0.1) is 5.69 Å². The van der Waals surface area contributed by atoms with Crippen LogP contribution in [0.4, 0.5) is 5.82 Å². The average Bonchev–Trinajstić information content (AvgIpc) is 3.04. The lowest BCUT2D eigenvalue weighted by Crippen LogP contribution is -2.31. The van der Waals surface area contributed by atoms with Crippen LogP contribution in [0.5, 0.6) is 0 Å². The first-order valence-corrected chi connectivity index (χ1v) is 9.34. The summed E-state index contributed by atoms with van der Waals surface area (Å²) in [6.07, 6.45) is 5.33. The van der Waals surface area contributed by atoms with Crippen molar-refractivity contribution in [1.29, 1.82) is 0 Å². The number of likely N-dealkylation sites (tertiary alicyclic amines) is 1. The van der Waals surface area contributed by atoms with E-state index in [4.69, 9.17) is 11.6 Å². The van der Waals surface area contributed by atoms with Crippen LogP contribution >= 0.6 is 11.6 Å². The van der Waals surface area contributed by atoms with Crippen LogP contribution in [-0.4, -0.2) is 40.6 Å². The number of aromatic nitrogens is 2. The third kappa shape index (κ3) is 5.06. The Hall–Kier alpha value is -1.85. The molecule has 1 aliphatic rings. The van der Waals surface area contributed by atoms with Gasteiger partial charge in [0.2, 0.25) is 5.91 Å². The van der Waals surface area contributed by atoms with E-state index in [1.54, 1.807) is 0 Å². The molecule has 6 heteroatoms. The molecule has 0 spiro atoms. The molecule has 25 heavy (non-hydrogen) atoms. The molecule has 1 fully saturated rings. The van der Waals surface area contributed by atoms with Crippen molar-refractivity contribution in [3.63, 3.8) is 0 Å². The zero-order chi connectivity index (χ0) is 17.6. The minimum absolute atomic E-state index is 0.0278. The highest BCUT2D eigenvalue weighted by Gasteiger charge is 2.12. The first kappa shape index (κ1) is 18.0. The molecule has 0 unspecified atom stereocenters. The summed E-state index contributed by atoms with van der Waals surface area (Å²) in [4.78, 5) is 14.6. The van der Waals surface area contributed by atoms with Crippen molar-refractivity contribution in [1.82, 2.24) is 15.1 Å². The van der Waals surface area contributed by atoms with Crippen LogP contribution in [0.2, 0.25) is 5.02 Å². The van der Waals surface area contributed by atoms with Crippen LogP contribution < -0.4 is 5.32 Å². The monoisotopic (exact) mass is 360 g/mol. The Morgan fingerprint density at radius 3 is 2.84 bits per heavy atom. The fourth-order valence-electron chi connectivity index (χ4n) is 3.30. The Kier molecular flexibility index (Phi) is 6.10. The summed E-state index contributed by atoms with van der Waals surface area (Å²) >= 11 is 5.99. The van der Waals surface area contributed by atoms with Gasteiger partial charge in [0.1, 0.15) is 5.82 Å². The largest absolute Gasteiger partial charge is 0.311 e. The quantitative estimate of drug-likeness (QED) is 0.809. The Morgan fingerprint density at radius 2 is 2.08 bits per heavy atom. The molecule has 1 aromatic carbocycles. The number of H-pyrrole nitrogens is 1. The van der Waals surface area contributed by atoms with Crippen LogP contribution in [0, 0.1) is 6.92 Å². The van der Waals surface area contributed by atoms with E-state index >= 15 is 0 Å². The van der Waals surface area contributed by atoms with Crippen molar-refractivity contribution >= 4 is 23.3 Å². The number of hydrogen-bond acceptors (Lipinski definition) is 3. The lowest BCUT2D eigenvalue weighted by molar-refractivity contribution is -0.116. The molecule has 1 aromatic heterocycles. The normalized spacial score (nSPS) is 15.3. The minimum Gasteiger partial charge on any atom is -0.311 e. The maximum Gasteiger partial charge on any atom is 0.225 e. The number of anilines is 1. The van der Waals surface area contributed by atoms with Crippen molar-refractivity contribution < 1.29 is 4.79 Å². The van der Waals surface area contributed by atoms with E-state index in [-0.39, 0.29) is 5.91 Å². The smallest absolute Gasteiger partial charge is 0.225 e. The lowest BCUT2D eigenvalue weighted by atomic mass is 10.1. The van der Waals surface area contributed by atoms with Gasteiger partial charge < -0.3 is 10.2 Å². The van der Waals surface area contributed by atoms with Crippen molar-refractivity contribution in [2.75, 3.05) is 25.0 Å². The van der Waals surface area contributed by atoms with Crippen LogP contribution in [0.3, 0.4) is 0 Å². The molecule has 2 N–H and O–H groups in total. The second kappa shape index (κ2) is 8.50. The van der Waals surface area contributed by atoms with E-state index in [1.807, 2.05) is 31.2 Å². The van der Waals surface area contributed by atoms with E-state index in [1.165, 1.54) is 32.4 Å². The number of carbonyl (C=O) groups excluding carboxylic acids is 1. The molecule has 134 valence electrons. The Bertz CT molecular complexity index is 722. The van der Waals surface area contributed by atoms with E-state index in [0.29, 0.717) is 17.3 Å². The zero-order valence-corrected chi connectivity index (χ0v) is 15.4. The predicted octanol–water partition coefficient (Wildman–Crippen LogP) is 4.24. The van der Waals surface area contributed by atoms with Gasteiger partial charge in [0.15, 0.2) is 0 Å². The number of benzene rings is 1. The van der Waals surface area contributed by atoms with Crippen molar-refractivity contribution in [3.05, 3.63) is 34.9 Å². The first-order valence-electron chi connectivity index (χ1n) is 8.96. The number of aromatic amines is 1. The third-order valence-corrected chi connectivity index (χ3v) is 4.88. The van der Waals surface area contributed by atoms with Gasteiger partial charge in [-0.3, -0.25) is 9.89 Å². The van der Waals surface area contributed by atoms with E-state index in [9.17, 15) is 4.79 Å². The van der Waals surface area contributed by atoms with Crippen molar-refractivity contribution in [2.45, 2.75) is 39.0 Å². The van der Waals surface area contributed by atoms with Crippen LogP contribution in [-0.2, 0) is 4.79 Å². The molecule has 1 saturated heterocycles. The standard InChI is InChI=1S/C19H25ClN4O/c1-14-12-15(20)7-8-16(14)17-13-18(23-22-17)21-19(25)6-5-11-24-9-3-2-4-10-24/h7-8,12-13H,2-6,9-11H2,1H3,(H2,21,22,23,25). The number of nitrogens with one attached hydrogen (secondary N) is 2. The fourth-order valence-corrected chi connectivity index (χ4v) is 3.52. The average molecular weight is 361 g/mol. The number of hydrogen-bond donors (Lipinski definition) is 2. The highest BCUT2D eigenvalue weighted by Crippen LogP contribution is 2.26. The summed E-state index contributed by atoms with van der Waals surface area (Å²) in [6, 6.07) is 7.55. The minimum atomic E-state index is 0.0278. The topological polar surface area (TPSA) is 61.0 Å². The summed E-state index contributed by atoms with van der Waals surface area (Å²) in [5, 5.41) is 10.8. The molecule has 0 bridgehead atoms. The van der Waals surface area contributed by atoms with Crippen molar-refractivity contribution in [3.8, 4) is 11.3 Å². The third-order valence-electron chi connectivity index (χ3n) is 4.64. The molecular weight excluding hydrogens is 336 g/mol. The maximum absolute atomic E-state index is 12.1. The summed E-state index contributed by atoms with van der Waals surface area (Å²) in [6.45, 7) is 5.35. The summed E-state index contributed by atoms with van der Waals surface area (Å²) in [7, 11) is 0. The second-order valence-electron chi connectivity index (χ2n) is 6.68. The molecule has 1 aliphatic heterocycles. The highest BCUT2D eigenvalue weighted by molar-refractivity contribution is 6.30.